The van der Waals surface area contributed by atoms with Crippen LogP contribution in [-0.2, 0) is 4.79 Å². The van der Waals surface area contributed by atoms with Crippen molar-refractivity contribution < 1.29 is 19.4 Å². The Morgan fingerprint density at radius 1 is 1.12 bits per heavy atom. The summed E-state index contributed by atoms with van der Waals surface area (Å²) >= 11 is 5.76. The van der Waals surface area contributed by atoms with E-state index in [1.807, 2.05) is 0 Å². The number of hydrogen-bond acceptors (Lipinski definition) is 6. The second-order valence-corrected chi connectivity index (χ2v) is 5.37. The number of carbonyl (C=O) groups is 1. The van der Waals surface area contributed by atoms with Gasteiger partial charge in [-0.15, -0.1) is 0 Å². The molecule has 2 aromatic carbocycles. The molecule has 9 nitrogen and oxygen atoms in total. The Morgan fingerprint density at radius 3 is 2.12 bits per heavy atom. The molecule has 0 saturated heterocycles. The highest BCUT2D eigenvalue weighted by Crippen LogP contribution is 2.39. The number of halogens is 1. The maximum absolute atomic E-state index is 12.0. The van der Waals surface area contributed by atoms with Crippen molar-refractivity contribution in [2.24, 2.45) is 0 Å². The Bertz CT molecular complexity index is 860. The molecule has 0 fully saturated rings. The van der Waals surface area contributed by atoms with E-state index in [4.69, 9.17) is 16.3 Å². The first-order chi connectivity index (χ1) is 12.3. The summed E-state index contributed by atoms with van der Waals surface area (Å²) in [6.07, 6.45) is 2.68. The summed E-state index contributed by atoms with van der Waals surface area (Å²) < 4.78 is 4.75. The van der Waals surface area contributed by atoms with Crippen LogP contribution in [-0.4, -0.2) is 22.9 Å². The number of nitrogens with one attached hydrogen (secondary N) is 1. The fraction of sp³-hybridized carbons (Fsp3) is 0.0625. The average molecular weight is 378 g/mol. The fourth-order valence-electron chi connectivity index (χ4n) is 2.08. The Labute approximate surface area is 152 Å². The van der Waals surface area contributed by atoms with E-state index >= 15 is 0 Å². The van der Waals surface area contributed by atoms with Gasteiger partial charge >= 0.3 is 11.4 Å². The first kappa shape index (κ1) is 18.9. The summed E-state index contributed by atoms with van der Waals surface area (Å²) in [7, 11) is 1.09. The van der Waals surface area contributed by atoms with Gasteiger partial charge in [-0.25, -0.2) is 0 Å². The minimum atomic E-state index is -0.828. The van der Waals surface area contributed by atoms with E-state index in [0.717, 1.165) is 19.2 Å². The van der Waals surface area contributed by atoms with Crippen LogP contribution in [0.5, 0.6) is 5.75 Å². The van der Waals surface area contributed by atoms with E-state index < -0.39 is 32.9 Å². The minimum Gasteiger partial charge on any atom is -0.485 e. The summed E-state index contributed by atoms with van der Waals surface area (Å²) in [6.45, 7) is 0. The molecule has 1 N–H and O–H groups in total. The van der Waals surface area contributed by atoms with Crippen LogP contribution in [0.25, 0.3) is 6.08 Å². The van der Waals surface area contributed by atoms with Crippen molar-refractivity contribution in [3.8, 4) is 5.75 Å². The molecular formula is C16H12ClN3O6. The third-order valence-corrected chi connectivity index (χ3v) is 3.46. The summed E-state index contributed by atoms with van der Waals surface area (Å²) in [5, 5.41) is 25.1. The third kappa shape index (κ3) is 4.54. The Hall–Kier alpha value is -3.46. The standard InChI is InChI=1S/C16H12ClN3O6/c1-26-16-13(19(22)23)8-12(9-14(16)20(24)25)18-15(21)7-4-10-2-5-11(17)6-3-10/h2-9H,1H3,(H,18,21)/b7-4+. The molecule has 26 heavy (non-hydrogen) atoms. The zero-order valence-corrected chi connectivity index (χ0v) is 14.1. The van der Waals surface area contributed by atoms with Gasteiger partial charge in [0.2, 0.25) is 5.91 Å². The molecule has 0 atom stereocenters. The van der Waals surface area contributed by atoms with Crippen LogP contribution >= 0.6 is 11.6 Å². The highest BCUT2D eigenvalue weighted by molar-refractivity contribution is 6.30. The second kappa shape index (κ2) is 8.08. The summed E-state index contributed by atoms with van der Waals surface area (Å²) in [6, 6.07) is 8.65. The predicted octanol–water partition coefficient (Wildman–Crippen LogP) is 3.82. The zero-order valence-electron chi connectivity index (χ0n) is 13.3. The van der Waals surface area contributed by atoms with Gasteiger partial charge in [0.05, 0.1) is 22.6 Å². The van der Waals surface area contributed by atoms with Crippen molar-refractivity contribution in [3.63, 3.8) is 0 Å². The molecule has 0 aromatic heterocycles. The van der Waals surface area contributed by atoms with Gasteiger partial charge in [-0.3, -0.25) is 25.0 Å². The van der Waals surface area contributed by atoms with Crippen LogP contribution in [0.15, 0.2) is 42.5 Å². The van der Waals surface area contributed by atoms with Crippen molar-refractivity contribution in [1.29, 1.82) is 0 Å². The molecule has 2 aromatic rings. The maximum Gasteiger partial charge on any atom is 0.320 e. The normalized spacial score (nSPS) is 10.5. The van der Waals surface area contributed by atoms with Gasteiger partial charge in [-0.1, -0.05) is 23.7 Å². The van der Waals surface area contributed by atoms with Gasteiger partial charge in [0.1, 0.15) is 0 Å². The lowest BCUT2D eigenvalue weighted by Crippen LogP contribution is -2.09. The molecule has 0 saturated carbocycles. The predicted molar refractivity (Wildman–Crippen MR) is 95.4 cm³/mol. The summed E-state index contributed by atoms with van der Waals surface area (Å²) in [4.78, 5) is 32.5. The Kier molecular flexibility index (Phi) is 5.86. The number of nitrogens with zero attached hydrogens (tertiary/aromatic N) is 2. The zero-order chi connectivity index (χ0) is 19.3. The van der Waals surface area contributed by atoms with E-state index in [2.05, 4.69) is 5.32 Å². The van der Waals surface area contributed by atoms with Gasteiger partial charge in [-0.05, 0) is 23.8 Å². The number of nitro groups is 2. The smallest absolute Gasteiger partial charge is 0.320 e. The fourth-order valence-corrected chi connectivity index (χ4v) is 2.21. The van der Waals surface area contributed by atoms with Crippen LogP contribution in [0, 0.1) is 20.2 Å². The molecule has 0 bridgehead atoms. The van der Waals surface area contributed by atoms with Gasteiger partial charge < -0.3 is 10.1 Å². The number of ether oxygens (including phenoxy) is 1. The molecule has 0 aliphatic rings. The minimum absolute atomic E-state index is 0.102. The van der Waals surface area contributed by atoms with Crippen LogP contribution in [0.1, 0.15) is 5.56 Å². The molecule has 0 aliphatic carbocycles. The summed E-state index contributed by atoms with van der Waals surface area (Å²) in [5.74, 6) is -1.11. The van der Waals surface area contributed by atoms with Crippen molar-refractivity contribution in [1.82, 2.24) is 0 Å². The SMILES string of the molecule is COc1c([N+](=O)[O-])cc(NC(=O)/C=C/c2ccc(Cl)cc2)cc1[N+](=O)[O-]. The maximum atomic E-state index is 12.0. The number of methoxy groups -OCH3 is 1. The number of hydrogen-bond donors (Lipinski definition) is 1. The number of carbonyl (C=O) groups excluding carboxylic acids is 1. The average Bonchev–Trinajstić information content (AvgIpc) is 2.60. The second-order valence-electron chi connectivity index (χ2n) is 4.94. The third-order valence-electron chi connectivity index (χ3n) is 3.21. The highest BCUT2D eigenvalue weighted by atomic mass is 35.5. The van der Waals surface area contributed by atoms with Crippen LogP contribution in [0.2, 0.25) is 5.02 Å². The molecular weight excluding hydrogens is 366 g/mol. The van der Waals surface area contributed by atoms with Crippen LogP contribution in [0.3, 0.4) is 0 Å². The van der Waals surface area contributed by atoms with Crippen LogP contribution in [0.4, 0.5) is 17.1 Å². The quantitative estimate of drug-likeness (QED) is 0.463. The summed E-state index contributed by atoms with van der Waals surface area (Å²) in [5.41, 5.74) is -0.649. The van der Waals surface area contributed by atoms with Crippen molar-refractivity contribution in [3.05, 3.63) is 73.3 Å². The lowest BCUT2D eigenvalue weighted by Gasteiger charge is -2.06. The first-order valence-electron chi connectivity index (χ1n) is 7.07. The number of rotatable bonds is 6. The number of amides is 1. The molecule has 10 heteroatoms. The monoisotopic (exact) mass is 377 g/mol. The lowest BCUT2D eigenvalue weighted by molar-refractivity contribution is -0.395. The molecule has 1 amide bonds. The largest absolute Gasteiger partial charge is 0.485 e. The Morgan fingerprint density at radius 2 is 1.65 bits per heavy atom. The molecule has 2 rings (SSSR count). The van der Waals surface area contributed by atoms with E-state index in [-0.39, 0.29) is 5.69 Å². The Balaban J connectivity index is 2.27. The molecule has 0 spiro atoms. The number of anilines is 1. The number of nitro benzene ring substituents is 2. The van der Waals surface area contributed by atoms with Gasteiger partial charge in [0.15, 0.2) is 0 Å². The number of benzene rings is 2. The van der Waals surface area contributed by atoms with E-state index in [1.165, 1.54) is 12.2 Å². The van der Waals surface area contributed by atoms with E-state index in [9.17, 15) is 25.0 Å². The topological polar surface area (TPSA) is 125 Å². The molecule has 0 heterocycles. The van der Waals surface area contributed by atoms with Crippen molar-refractivity contribution in [2.45, 2.75) is 0 Å². The van der Waals surface area contributed by atoms with Gasteiger partial charge in [0.25, 0.3) is 5.75 Å². The van der Waals surface area contributed by atoms with E-state index in [0.29, 0.717) is 10.6 Å². The molecule has 134 valence electrons. The van der Waals surface area contributed by atoms with Gasteiger partial charge in [-0.2, -0.15) is 0 Å². The van der Waals surface area contributed by atoms with Gasteiger partial charge in [0, 0.05) is 23.2 Å². The molecule has 0 aliphatic heterocycles. The molecule has 0 radical (unpaired) electrons. The van der Waals surface area contributed by atoms with Crippen molar-refractivity contribution >= 4 is 40.6 Å². The van der Waals surface area contributed by atoms with E-state index in [1.54, 1.807) is 24.3 Å². The highest BCUT2D eigenvalue weighted by Gasteiger charge is 2.28. The van der Waals surface area contributed by atoms with Crippen molar-refractivity contribution in [2.75, 3.05) is 12.4 Å². The molecule has 0 unspecified atom stereocenters. The lowest BCUT2D eigenvalue weighted by atomic mass is 10.2. The first-order valence-corrected chi connectivity index (χ1v) is 7.45. The van der Waals surface area contributed by atoms with Crippen LogP contribution < -0.4 is 10.1 Å².